The molecule has 0 bridgehead atoms. The van der Waals surface area contributed by atoms with Crippen LogP contribution in [0.1, 0.15) is 12.8 Å². The summed E-state index contributed by atoms with van der Waals surface area (Å²) in [5.74, 6) is 0.425. The number of nitrogens with two attached hydrogens (primary N) is 1. The summed E-state index contributed by atoms with van der Waals surface area (Å²) in [6.07, 6.45) is 3.84. The minimum absolute atomic E-state index is 0.262. The van der Waals surface area contributed by atoms with Crippen LogP contribution in [-0.2, 0) is 0 Å². The Morgan fingerprint density at radius 3 is 2.71 bits per heavy atom. The first-order valence-electron chi connectivity index (χ1n) is 7.32. The third-order valence-corrected chi connectivity index (χ3v) is 4.46. The highest BCUT2D eigenvalue weighted by atomic mass is 19.1. The monoisotopic (exact) mass is 288 g/mol. The van der Waals surface area contributed by atoms with E-state index in [1.54, 1.807) is 18.3 Å². The molecule has 0 atom stereocenters. The number of anilines is 2. The molecule has 2 aromatic rings. The van der Waals surface area contributed by atoms with Crippen LogP contribution < -0.4 is 10.6 Å². The van der Waals surface area contributed by atoms with E-state index < -0.39 is 0 Å². The number of benzene rings is 1. The van der Waals surface area contributed by atoms with Gasteiger partial charge in [-0.05, 0) is 51.2 Å². The average molecular weight is 288 g/mol. The van der Waals surface area contributed by atoms with Gasteiger partial charge in [0.05, 0.1) is 5.39 Å². The van der Waals surface area contributed by atoms with Crippen LogP contribution in [0, 0.1) is 5.82 Å². The van der Waals surface area contributed by atoms with Crippen LogP contribution in [0.3, 0.4) is 0 Å². The van der Waals surface area contributed by atoms with Gasteiger partial charge >= 0.3 is 0 Å². The SMILES string of the molecule is CN1CCC(N(C)c2nccc3c(N)ccc(F)c23)CC1. The third-order valence-electron chi connectivity index (χ3n) is 4.46. The molecule has 1 saturated heterocycles. The molecule has 5 heteroatoms. The topological polar surface area (TPSA) is 45.4 Å². The van der Waals surface area contributed by atoms with Crippen LogP contribution in [-0.4, -0.2) is 43.1 Å². The molecule has 2 N–H and O–H groups in total. The van der Waals surface area contributed by atoms with Gasteiger partial charge in [-0.2, -0.15) is 0 Å². The van der Waals surface area contributed by atoms with Gasteiger partial charge in [-0.3, -0.25) is 0 Å². The van der Waals surface area contributed by atoms with E-state index in [0.29, 0.717) is 22.9 Å². The Hall–Kier alpha value is -1.88. The molecule has 0 radical (unpaired) electrons. The molecule has 0 amide bonds. The Labute approximate surface area is 124 Å². The van der Waals surface area contributed by atoms with Crippen molar-refractivity contribution in [1.29, 1.82) is 0 Å². The fraction of sp³-hybridized carbons (Fsp3) is 0.438. The maximum Gasteiger partial charge on any atom is 0.139 e. The van der Waals surface area contributed by atoms with E-state index in [1.165, 1.54) is 6.07 Å². The lowest BCUT2D eigenvalue weighted by Gasteiger charge is -2.36. The van der Waals surface area contributed by atoms with E-state index in [9.17, 15) is 4.39 Å². The molecule has 0 unspecified atom stereocenters. The van der Waals surface area contributed by atoms with Crippen molar-refractivity contribution in [2.75, 3.05) is 37.8 Å². The van der Waals surface area contributed by atoms with E-state index in [-0.39, 0.29) is 5.82 Å². The summed E-state index contributed by atoms with van der Waals surface area (Å²) in [7, 11) is 4.13. The van der Waals surface area contributed by atoms with Crippen LogP contribution in [0.5, 0.6) is 0 Å². The lowest BCUT2D eigenvalue weighted by atomic mass is 10.0. The molecule has 1 aliphatic heterocycles. The summed E-state index contributed by atoms with van der Waals surface area (Å²) in [6.45, 7) is 2.12. The molecule has 2 heterocycles. The second-order valence-electron chi connectivity index (χ2n) is 5.84. The van der Waals surface area contributed by atoms with Gasteiger partial charge in [-0.1, -0.05) is 0 Å². The van der Waals surface area contributed by atoms with Gasteiger partial charge in [0.1, 0.15) is 11.6 Å². The molecule has 1 aromatic carbocycles. The maximum atomic E-state index is 14.3. The number of fused-ring (bicyclic) bond motifs is 1. The van der Waals surface area contributed by atoms with E-state index in [1.807, 2.05) is 7.05 Å². The van der Waals surface area contributed by atoms with Crippen LogP contribution in [0.25, 0.3) is 10.8 Å². The van der Waals surface area contributed by atoms with Gasteiger partial charge in [0, 0.05) is 30.4 Å². The van der Waals surface area contributed by atoms with Crippen LogP contribution in [0.15, 0.2) is 24.4 Å². The summed E-state index contributed by atoms with van der Waals surface area (Å²) in [6, 6.07) is 5.20. The highest BCUT2D eigenvalue weighted by molar-refractivity contribution is 5.99. The molecule has 0 spiro atoms. The van der Waals surface area contributed by atoms with Crippen molar-refractivity contribution in [1.82, 2.24) is 9.88 Å². The zero-order valence-electron chi connectivity index (χ0n) is 12.5. The number of piperidine rings is 1. The van der Waals surface area contributed by atoms with Crippen molar-refractivity contribution >= 4 is 22.3 Å². The Kier molecular flexibility index (Phi) is 3.68. The van der Waals surface area contributed by atoms with Crippen LogP contribution in [0.2, 0.25) is 0 Å². The number of hydrogen-bond acceptors (Lipinski definition) is 4. The van der Waals surface area contributed by atoms with Gasteiger partial charge in [-0.25, -0.2) is 9.37 Å². The molecule has 0 saturated carbocycles. The standard InChI is InChI=1S/C16H21FN4/c1-20-9-6-11(7-10-20)21(2)16-15-12(5-8-19-16)14(18)4-3-13(15)17/h3-5,8,11H,6-7,9-10,18H2,1-2H3. The van der Waals surface area contributed by atoms with Gasteiger partial charge in [0.25, 0.3) is 0 Å². The highest BCUT2D eigenvalue weighted by Crippen LogP contribution is 2.32. The number of hydrogen-bond donors (Lipinski definition) is 1. The molecular weight excluding hydrogens is 267 g/mol. The van der Waals surface area contributed by atoms with Crippen molar-refractivity contribution in [3.63, 3.8) is 0 Å². The van der Waals surface area contributed by atoms with E-state index >= 15 is 0 Å². The molecule has 4 nitrogen and oxygen atoms in total. The lowest BCUT2D eigenvalue weighted by Crippen LogP contribution is -2.42. The molecular formula is C16H21FN4. The van der Waals surface area contributed by atoms with Crippen molar-refractivity contribution < 1.29 is 4.39 Å². The quantitative estimate of drug-likeness (QED) is 0.862. The van der Waals surface area contributed by atoms with Gasteiger partial charge in [-0.15, -0.1) is 0 Å². The first-order valence-corrected chi connectivity index (χ1v) is 7.32. The Morgan fingerprint density at radius 1 is 1.29 bits per heavy atom. The van der Waals surface area contributed by atoms with Crippen LogP contribution >= 0.6 is 0 Å². The normalized spacial score (nSPS) is 17.3. The second kappa shape index (κ2) is 5.48. The van der Waals surface area contributed by atoms with Gasteiger partial charge in [0.15, 0.2) is 0 Å². The number of pyridine rings is 1. The second-order valence-corrected chi connectivity index (χ2v) is 5.84. The smallest absolute Gasteiger partial charge is 0.139 e. The zero-order chi connectivity index (χ0) is 15.0. The first-order chi connectivity index (χ1) is 10.1. The predicted octanol–water partition coefficient (Wildman–Crippen LogP) is 2.49. The summed E-state index contributed by atoms with van der Waals surface area (Å²) >= 11 is 0. The number of halogens is 1. The summed E-state index contributed by atoms with van der Waals surface area (Å²) in [4.78, 5) is 8.85. The Morgan fingerprint density at radius 2 is 2.00 bits per heavy atom. The fourth-order valence-electron chi connectivity index (χ4n) is 3.09. The minimum Gasteiger partial charge on any atom is -0.398 e. The summed E-state index contributed by atoms with van der Waals surface area (Å²) in [5.41, 5.74) is 6.56. The van der Waals surface area contributed by atoms with Crippen molar-refractivity contribution in [2.45, 2.75) is 18.9 Å². The summed E-state index contributed by atoms with van der Waals surface area (Å²) < 4.78 is 14.3. The third kappa shape index (κ3) is 2.53. The molecule has 1 fully saturated rings. The van der Waals surface area contributed by atoms with Crippen molar-refractivity contribution in [3.8, 4) is 0 Å². The van der Waals surface area contributed by atoms with E-state index in [4.69, 9.17) is 5.73 Å². The van der Waals surface area contributed by atoms with Crippen LogP contribution in [0.4, 0.5) is 15.9 Å². The maximum absolute atomic E-state index is 14.3. The van der Waals surface area contributed by atoms with Gasteiger partial charge in [0.2, 0.25) is 0 Å². The largest absolute Gasteiger partial charge is 0.398 e. The Balaban J connectivity index is 2.02. The molecule has 3 rings (SSSR count). The molecule has 1 aliphatic rings. The molecule has 0 aliphatic carbocycles. The number of nitrogens with zero attached hydrogens (tertiary/aromatic N) is 3. The van der Waals surface area contributed by atoms with E-state index in [0.717, 1.165) is 31.3 Å². The number of aromatic nitrogens is 1. The number of rotatable bonds is 2. The molecule has 21 heavy (non-hydrogen) atoms. The average Bonchev–Trinajstić information content (AvgIpc) is 2.50. The first kappa shape index (κ1) is 14.1. The fourth-order valence-corrected chi connectivity index (χ4v) is 3.09. The predicted molar refractivity (Wildman–Crippen MR) is 85.0 cm³/mol. The van der Waals surface area contributed by atoms with E-state index in [2.05, 4.69) is 21.8 Å². The summed E-state index contributed by atoms with van der Waals surface area (Å²) in [5, 5.41) is 1.26. The lowest BCUT2D eigenvalue weighted by molar-refractivity contribution is 0.252. The molecule has 112 valence electrons. The zero-order valence-corrected chi connectivity index (χ0v) is 12.5. The number of likely N-dealkylation sites (tertiary alicyclic amines) is 1. The Bertz CT molecular complexity index is 650. The minimum atomic E-state index is -0.262. The van der Waals surface area contributed by atoms with Crippen molar-refractivity contribution in [2.24, 2.45) is 0 Å². The van der Waals surface area contributed by atoms with Gasteiger partial charge < -0.3 is 15.5 Å². The molecule has 1 aromatic heterocycles. The highest BCUT2D eigenvalue weighted by Gasteiger charge is 2.23. The number of nitrogen functional groups attached to an aromatic ring is 1. The van der Waals surface area contributed by atoms with Crippen molar-refractivity contribution in [3.05, 3.63) is 30.2 Å².